The number of imidazole rings is 1. The fourth-order valence-electron chi connectivity index (χ4n) is 6.56. The van der Waals surface area contributed by atoms with Gasteiger partial charge in [0.2, 0.25) is 5.88 Å². The number of hydrogen-bond acceptors (Lipinski definition) is 7. The molecule has 0 amide bonds. The fourth-order valence-corrected chi connectivity index (χ4v) is 6.56. The third-order valence-corrected chi connectivity index (χ3v) is 9.24. The average Bonchev–Trinajstić information content (AvgIpc) is 3.60. The summed E-state index contributed by atoms with van der Waals surface area (Å²) in [6.45, 7) is 4.23. The first-order chi connectivity index (χ1) is 22.6. The number of aromatic carboxylic acids is 1. The summed E-state index contributed by atoms with van der Waals surface area (Å²) in [6.07, 6.45) is -0.0689. The van der Waals surface area contributed by atoms with Crippen LogP contribution < -0.4 is 4.74 Å². The van der Waals surface area contributed by atoms with Gasteiger partial charge >= 0.3 is 12.1 Å². The lowest BCUT2D eigenvalue weighted by Crippen LogP contribution is -2.37. The maximum atomic E-state index is 13.0. The van der Waals surface area contributed by atoms with Crippen LogP contribution in [-0.2, 0) is 24.4 Å². The van der Waals surface area contributed by atoms with Crippen molar-refractivity contribution in [2.24, 2.45) is 0 Å². The van der Waals surface area contributed by atoms with Crippen LogP contribution in [-0.4, -0.2) is 72.3 Å². The molecule has 5 heterocycles. The van der Waals surface area contributed by atoms with Crippen molar-refractivity contribution >= 4 is 27.9 Å². The van der Waals surface area contributed by atoms with Crippen LogP contribution in [0, 0.1) is 0 Å². The lowest BCUT2D eigenvalue weighted by molar-refractivity contribution is -0.141. The Kier molecular flexibility index (Phi) is 8.35. The van der Waals surface area contributed by atoms with Crippen LogP contribution in [0.25, 0.3) is 21.9 Å². The number of hydrogen-bond donors (Lipinski definition) is 1. The van der Waals surface area contributed by atoms with E-state index in [1.807, 2.05) is 18.2 Å². The Bertz CT molecular complexity index is 1910. The molecular weight excluding hydrogens is 613 g/mol. The van der Waals surface area contributed by atoms with Crippen molar-refractivity contribution in [1.82, 2.24) is 29.2 Å². The van der Waals surface area contributed by atoms with Gasteiger partial charge in [0.15, 0.2) is 0 Å². The molecule has 1 N–H and O–H groups in total. The van der Waals surface area contributed by atoms with Gasteiger partial charge in [-0.05, 0) is 75.2 Å². The van der Waals surface area contributed by atoms with E-state index in [9.17, 15) is 23.1 Å². The molecule has 2 saturated heterocycles. The van der Waals surface area contributed by atoms with Crippen LogP contribution in [0.2, 0.25) is 0 Å². The lowest BCUT2D eigenvalue weighted by Gasteiger charge is -2.36. The number of fused-ring (bicyclic) bond motifs is 2. The molecule has 10 nitrogen and oxygen atoms in total. The highest BCUT2D eigenvalue weighted by Gasteiger charge is 2.31. The SMILES string of the molecule is CC(c1nc2ccc(C(=O)O)cc2n1C[C@@H]1CCO1)N1CCC(c2cccc(OCc3ccc4cnn(CC(F)(F)F)c4c3)n2)CC1. The van der Waals surface area contributed by atoms with E-state index in [4.69, 9.17) is 19.4 Å². The van der Waals surface area contributed by atoms with E-state index in [1.54, 1.807) is 36.4 Å². The largest absolute Gasteiger partial charge is 0.478 e. The van der Waals surface area contributed by atoms with Crippen LogP contribution in [0.5, 0.6) is 5.88 Å². The van der Waals surface area contributed by atoms with Crippen molar-refractivity contribution in [3.63, 3.8) is 0 Å². The van der Waals surface area contributed by atoms with Crippen molar-refractivity contribution in [3.8, 4) is 5.88 Å². The Balaban J connectivity index is 1.01. The quantitative estimate of drug-likeness (QED) is 0.187. The summed E-state index contributed by atoms with van der Waals surface area (Å²) < 4.78 is 53.7. The number of carbonyl (C=O) groups is 1. The fraction of sp³-hybridized carbons (Fsp3) is 0.412. The molecule has 2 aromatic carbocycles. The van der Waals surface area contributed by atoms with Gasteiger partial charge in [-0.25, -0.2) is 14.8 Å². The molecule has 1 unspecified atom stereocenters. The minimum Gasteiger partial charge on any atom is -0.478 e. The molecular formula is C34H35F3N6O4. The zero-order valence-corrected chi connectivity index (χ0v) is 25.9. The Morgan fingerprint density at radius 1 is 1.06 bits per heavy atom. The van der Waals surface area contributed by atoms with Gasteiger partial charge in [-0.15, -0.1) is 0 Å². The zero-order valence-electron chi connectivity index (χ0n) is 25.9. The van der Waals surface area contributed by atoms with Crippen molar-refractivity contribution in [2.75, 3.05) is 19.7 Å². The first-order valence-electron chi connectivity index (χ1n) is 15.8. The number of benzene rings is 2. The second-order valence-corrected chi connectivity index (χ2v) is 12.4. The van der Waals surface area contributed by atoms with Crippen molar-refractivity contribution < 1.29 is 32.5 Å². The predicted octanol–water partition coefficient (Wildman–Crippen LogP) is 6.35. The number of alkyl halides is 3. The zero-order chi connectivity index (χ0) is 32.7. The van der Waals surface area contributed by atoms with Crippen molar-refractivity contribution in [3.05, 3.63) is 83.4 Å². The molecule has 0 radical (unpaired) electrons. The minimum atomic E-state index is -4.36. The van der Waals surface area contributed by atoms with Gasteiger partial charge in [-0.2, -0.15) is 18.3 Å². The van der Waals surface area contributed by atoms with Gasteiger partial charge in [-0.1, -0.05) is 18.2 Å². The number of carboxylic acid groups (broad SMARTS) is 1. The molecule has 246 valence electrons. The number of pyridine rings is 1. The summed E-state index contributed by atoms with van der Waals surface area (Å²) in [6, 6.07) is 16.1. The third kappa shape index (κ3) is 6.68. The van der Waals surface area contributed by atoms with E-state index in [0.717, 1.165) is 71.8 Å². The van der Waals surface area contributed by atoms with Gasteiger partial charge in [0, 0.05) is 29.7 Å². The van der Waals surface area contributed by atoms with Gasteiger partial charge < -0.3 is 19.1 Å². The topological polar surface area (TPSA) is 108 Å². The number of rotatable bonds is 10. The standard InChI is InChI=1S/C34H35F3N6O4/c1-21(32-40-28-8-7-24(33(44)45)16-30(28)42(32)18-26-11-14-46-26)41-12-9-23(10-13-41)27-3-2-4-31(39-27)47-19-22-5-6-25-17-38-43(29(25)15-22)20-34(35,36)37/h2-8,15-17,21,23,26H,9-14,18-20H2,1H3,(H,44,45)/t21?,26-/m0/s1. The van der Waals surface area contributed by atoms with E-state index in [1.165, 1.54) is 6.20 Å². The Morgan fingerprint density at radius 2 is 1.87 bits per heavy atom. The third-order valence-electron chi connectivity index (χ3n) is 9.24. The molecule has 3 aromatic heterocycles. The van der Waals surface area contributed by atoms with Gasteiger partial charge in [0.25, 0.3) is 0 Å². The monoisotopic (exact) mass is 648 g/mol. The Morgan fingerprint density at radius 3 is 2.60 bits per heavy atom. The first kappa shape index (κ1) is 31.1. The highest BCUT2D eigenvalue weighted by Crippen LogP contribution is 2.34. The summed E-state index contributed by atoms with van der Waals surface area (Å²) in [4.78, 5) is 23.8. The molecule has 0 bridgehead atoms. The minimum absolute atomic E-state index is 0.0177. The van der Waals surface area contributed by atoms with Gasteiger partial charge in [0.1, 0.15) is 19.0 Å². The maximum Gasteiger partial charge on any atom is 0.408 e. The molecule has 0 saturated carbocycles. The summed E-state index contributed by atoms with van der Waals surface area (Å²) in [7, 11) is 0. The number of likely N-dealkylation sites (tertiary alicyclic amines) is 1. The molecule has 47 heavy (non-hydrogen) atoms. The number of carboxylic acids is 1. The van der Waals surface area contributed by atoms with Crippen LogP contribution in [0.3, 0.4) is 0 Å². The molecule has 2 aliphatic heterocycles. The number of nitrogens with zero attached hydrogens (tertiary/aromatic N) is 6. The summed E-state index contributed by atoms with van der Waals surface area (Å²) in [5, 5.41) is 14.1. The number of ether oxygens (including phenoxy) is 2. The molecule has 5 aromatic rings. The van der Waals surface area contributed by atoms with Crippen LogP contribution >= 0.6 is 0 Å². The molecule has 13 heteroatoms. The van der Waals surface area contributed by atoms with E-state index in [0.29, 0.717) is 23.3 Å². The van der Waals surface area contributed by atoms with Gasteiger partial charge in [-0.3, -0.25) is 9.58 Å². The summed E-state index contributed by atoms with van der Waals surface area (Å²) in [5.74, 6) is 0.656. The second-order valence-electron chi connectivity index (χ2n) is 12.4. The average molecular weight is 649 g/mol. The number of halogens is 3. The van der Waals surface area contributed by atoms with Crippen LogP contribution in [0.1, 0.15) is 65.6 Å². The molecule has 7 rings (SSSR count). The van der Waals surface area contributed by atoms with E-state index >= 15 is 0 Å². The number of aromatic nitrogens is 5. The smallest absolute Gasteiger partial charge is 0.408 e. The summed E-state index contributed by atoms with van der Waals surface area (Å²) in [5.41, 5.74) is 3.91. The molecule has 0 spiro atoms. The Hall–Kier alpha value is -4.49. The second kappa shape index (κ2) is 12.6. The van der Waals surface area contributed by atoms with Crippen LogP contribution in [0.15, 0.2) is 60.8 Å². The molecule has 2 atom stereocenters. The van der Waals surface area contributed by atoms with Gasteiger partial charge in [0.05, 0.1) is 47.0 Å². The molecule has 0 aliphatic carbocycles. The molecule has 2 aliphatic rings. The first-order valence-corrected chi connectivity index (χ1v) is 15.8. The van der Waals surface area contributed by atoms with E-state index < -0.39 is 18.7 Å². The van der Waals surface area contributed by atoms with E-state index in [2.05, 4.69) is 21.5 Å². The Labute approximate surface area is 268 Å². The maximum absolute atomic E-state index is 13.0. The van der Waals surface area contributed by atoms with Crippen molar-refractivity contribution in [2.45, 2.75) is 70.1 Å². The van der Waals surface area contributed by atoms with Crippen molar-refractivity contribution in [1.29, 1.82) is 0 Å². The van der Waals surface area contributed by atoms with E-state index in [-0.39, 0.29) is 30.2 Å². The number of piperidine rings is 1. The van der Waals surface area contributed by atoms with Crippen LogP contribution in [0.4, 0.5) is 13.2 Å². The summed E-state index contributed by atoms with van der Waals surface area (Å²) >= 11 is 0. The predicted molar refractivity (Wildman–Crippen MR) is 167 cm³/mol. The molecule has 2 fully saturated rings. The highest BCUT2D eigenvalue weighted by molar-refractivity contribution is 5.92. The normalized spacial score (nSPS) is 18.4. The lowest BCUT2D eigenvalue weighted by atomic mass is 9.92. The highest BCUT2D eigenvalue weighted by atomic mass is 19.4.